The summed E-state index contributed by atoms with van der Waals surface area (Å²) in [6.07, 6.45) is 0. The second-order valence-electron chi connectivity index (χ2n) is 4.74. The Balaban J connectivity index is 4.46. The Kier molecular flexibility index (Phi) is 7.25. The molecule has 0 aliphatic heterocycles. The molecule has 0 aromatic heterocycles. The summed E-state index contributed by atoms with van der Waals surface area (Å²) in [7, 11) is -3.95. The molecule has 0 aliphatic rings. The fourth-order valence-electron chi connectivity index (χ4n) is 1.83. The van der Waals surface area contributed by atoms with Crippen LogP contribution in [0.3, 0.4) is 0 Å². The molecular formula is C12H25N2O4S+. The number of rotatable bonds is 9. The van der Waals surface area contributed by atoms with Crippen molar-refractivity contribution in [2.24, 2.45) is 0 Å². The van der Waals surface area contributed by atoms with Gasteiger partial charge in [-0.25, -0.2) is 0 Å². The van der Waals surface area contributed by atoms with Gasteiger partial charge in [-0.05, 0) is 20.8 Å². The molecule has 0 radical (unpaired) electrons. The maximum absolute atomic E-state index is 11.4. The second-order valence-corrected chi connectivity index (χ2v) is 6.32. The Labute approximate surface area is 115 Å². The minimum absolute atomic E-state index is 0.194. The van der Waals surface area contributed by atoms with E-state index in [-0.39, 0.29) is 11.7 Å². The lowest BCUT2D eigenvalue weighted by molar-refractivity contribution is -0.921. The monoisotopic (exact) mass is 293 g/mol. The van der Waals surface area contributed by atoms with E-state index in [0.29, 0.717) is 29.7 Å². The van der Waals surface area contributed by atoms with Gasteiger partial charge in [-0.2, -0.15) is 8.42 Å². The minimum Gasteiger partial charge on any atom is -0.347 e. The largest absolute Gasteiger partial charge is 0.347 e. The molecule has 0 spiro atoms. The Morgan fingerprint density at radius 3 is 2.16 bits per heavy atom. The van der Waals surface area contributed by atoms with E-state index >= 15 is 0 Å². The third-order valence-corrected chi connectivity index (χ3v) is 4.12. The van der Waals surface area contributed by atoms with Gasteiger partial charge in [0, 0.05) is 5.57 Å². The topological polar surface area (TPSA) is 83.5 Å². The van der Waals surface area contributed by atoms with Gasteiger partial charge >= 0.3 is 0 Å². The van der Waals surface area contributed by atoms with Crippen LogP contribution in [0.4, 0.5) is 0 Å². The first-order valence-corrected chi connectivity index (χ1v) is 8.00. The number of carbonyl (C=O) groups is 1. The zero-order valence-electron chi connectivity index (χ0n) is 12.0. The fourth-order valence-corrected chi connectivity index (χ4v) is 2.45. The van der Waals surface area contributed by atoms with Crippen LogP contribution in [-0.4, -0.2) is 61.8 Å². The molecule has 19 heavy (non-hydrogen) atoms. The van der Waals surface area contributed by atoms with E-state index in [1.54, 1.807) is 6.92 Å². The van der Waals surface area contributed by atoms with Crippen LogP contribution in [0.1, 0.15) is 20.8 Å². The first kappa shape index (κ1) is 18.1. The lowest BCUT2D eigenvalue weighted by Crippen LogP contribution is -2.53. The maximum Gasteiger partial charge on any atom is 0.270 e. The highest BCUT2D eigenvalue weighted by atomic mass is 32.2. The lowest BCUT2D eigenvalue weighted by atomic mass is 10.3. The van der Waals surface area contributed by atoms with Crippen LogP contribution >= 0.6 is 0 Å². The van der Waals surface area contributed by atoms with Gasteiger partial charge in [-0.15, -0.1) is 0 Å². The summed E-state index contributed by atoms with van der Waals surface area (Å²) < 4.78 is 31.1. The number of nitrogens with zero attached hydrogens (tertiary/aromatic N) is 1. The zero-order chi connectivity index (χ0) is 15.1. The van der Waals surface area contributed by atoms with Crippen LogP contribution in [0, 0.1) is 0 Å². The van der Waals surface area contributed by atoms with Crippen LogP contribution in [0.2, 0.25) is 0 Å². The van der Waals surface area contributed by atoms with Crippen LogP contribution in [-0.2, 0) is 14.9 Å². The fraction of sp³-hybridized carbons (Fsp3) is 0.750. The average molecular weight is 293 g/mol. The van der Waals surface area contributed by atoms with Crippen molar-refractivity contribution in [1.82, 2.24) is 5.32 Å². The number of amides is 1. The van der Waals surface area contributed by atoms with Gasteiger partial charge in [0.05, 0.1) is 32.7 Å². The van der Waals surface area contributed by atoms with Crippen LogP contribution in [0.25, 0.3) is 0 Å². The molecule has 112 valence electrons. The normalized spacial score (nSPS) is 12.2. The Morgan fingerprint density at radius 2 is 1.79 bits per heavy atom. The number of carbonyl (C=O) groups excluding carboxylic acids is 1. The maximum atomic E-state index is 11.4. The van der Waals surface area contributed by atoms with Crippen molar-refractivity contribution in [3.63, 3.8) is 0 Å². The summed E-state index contributed by atoms with van der Waals surface area (Å²) in [6.45, 7) is 12.0. The molecule has 0 aromatic rings. The molecule has 0 saturated heterocycles. The lowest BCUT2D eigenvalue weighted by Gasteiger charge is -2.36. The molecule has 0 aromatic carbocycles. The summed E-state index contributed by atoms with van der Waals surface area (Å²) in [6, 6.07) is 0. The van der Waals surface area contributed by atoms with Crippen LogP contribution in [0.5, 0.6) is 0 Å². The Hall–Kier alpha value is -0.920. The SMILES string of the molecule is C=C(C)C(=O)NCC[N+](CC)(CC)CCS(=O)(=O)O. The number of nitrogens with one attached hydrogen (secondary N) is 1. The van der Waals surface area contributed by atoms with Crippen LogP contribution < -0.4 is 5.32 Å². The molecule has 0 atom stereocenters. The van der Waals surface area contributed by atoms with Crippen molar-refractivity contribution in [2.45, 2.75) is 20.8 Å². The first-order valence-electron chi connectivity index (χ1n) is 6.39. The predicted octanol–water partition coefficient (Wildman–Crippen LogP) is 0.423. The van der Waals surface area contributed by atoms with Gasteiger partial charge in [0.25, 0.3) is 10.1 Å². The first-order chi connectivity index (χ1) is 8.66. The Morgan fingerprint density at radius 1 is 1.26 bits per heavy atom. The number of likely N-dealkylation sites (N-methyl/N-ethyl adjacent to an activating group) is 1. The average Bonchev–Trinajstić information content (AvgIpc) is 2.32. The summed E-state index contributed by atoms with van der Waals surface area (Å²) in [5, 5.41) is 2.74. The molecule has 0 rings (SSSR count). The quantitative estimate of drug-likeness (QED) is 0.367. The summed E-state index contributed by atoms with van der Waals surface area (Å²) in [5.74, 6) is -0.455. The van der Waals surface area contributed by atoms with E-state index in [4.69, 9.17) is 4.55 Å². The number of quaternary nitrogens is 1. The predicted molar refractivity (Wildman–Crippen MR) is 75.3 cm³/mol. The molecule has 7 heteroatoms. The zero-order valence-corrected chi connectivity index (χ0v) is 12.8. The van der Waals surface area contributed by atoms with E-state index in [1.165, 1.54) is 0 Å². The molecule has 0 heterocycles. The van der Waals surface area contributed by atoms with E-state index in [0.717, 1.165) is 13.1 Å². The second kappa shape index (κ2) is 7.62. The highest BCUT2D eigenvalue weighted by Crippen LogP contribution is 2.06. The van der Waals surface area contributed by atoms with Crippen molar-refractivity contribution in [3.8, 4) is 0 Å². The molecule has 6 nitrogen and oxygen atoms in total. The van der Waals surface area contributed by atoms with Gasteiger partial charge in [-0.3, -0.25) is 9.35 Å². The van der Waals surface area contributed by atoms with E-state index < -0.39 is 10.1 Å². The molecule has 0 unspecified atom stereocenters. The molecule has 0 aliphatic carbocycles. The van der Waals surface area contributed by atoms with Gasteiger partial charge in [0.2, 0.25) is 5.91 Å². The molecule has 0 saturated carbocycles. The third kappa shape index (κ3) is 7.29. The van der Waals surface area contributed by atoms with Gasteiger partial charge in [-0.1, -0.05) is 6.58 Å². The van der Waals surface area contributed by atoms with E-state index in [2.05, 4.69) is 11.9 Å². The van der Waals surface area contributed by atoms with Crippen molar-refractivity contribution in [3.05, 3.63) is 12.2 Å². The molecule has 1 amide bonds. The molecule has 0 bridgehead atoms. The van der Waals surface area contributed by atoms with E-state index in [9.17, 15) is 13.2 Å². The molecule has 2 N–H and O–H groups in total. The molecular weight excluding hydrogens is 268 g/mol. The Bertz CT molecular complexity index is 413. The van der Waals surface area contributed by atoms with Gasteiger partial charge in [0.1, 0.15) is 5.75 Å². The molecule has 0 fully saturated rings. The number of hydrogen-bond acceptors (Lipinski definition) is 3. The third-order valence-electron chi connectivity index (χ3n) is 3.42. The summed E-state index contributed by atoms with van der Waals surface area (Å²) >= 11 is 0. The smallest absolute Gasteiger partial charge is 0.270 e. The van der Waals surface area contributed by atoms with Crippen molar-refractivity contribution in [1.29, 1.82) is 0 Å². The van der Waals surface area contributed by atoms with Crippen molar-refractivity contribution < 1.29 is 22.2 Å². The van der Waals surface area contributed by atoms with Crippen molar-refractivity contribution >= 4 is 16.0 Å². The number of hydrogen-bond donors (Lipinski definition) is 2. The highest BCUT2D eigenvalue weighted by molar-refractivity contribution is 7.85. The standard InChI is InChI=1S/C12H24N2O4S/c1-5-14(6-2,9-10-19(16,17)18)8-7-13-12(15)11(3)4/h3,5-10H2,1-2,4H3,(H-,13,15,16,17,18)/p+1. The minimum atomic E-state index is -3.95. The van der Waals surface area contributed by atoms with Gasteiger partial charge in [0.15, 0.2) is 0 Å². The summed E-state index contributed by atoms with van der Waals surface area (Å²) in [5.41, 5.74) is 0.448. The van der Waals surface area contributed by atoms with E-state index in [1.807, 2.05) is 13.8 Å². The van der Waals surface area contributed by atoms with Gasteiger partial charge < -0.3 is 9.80 Å². The van der Waals surface area contributed by atoms with Crippen LogP contribution in [0.15, 0.2) is 12.2 Å². The van der Waals surface area contributed by atoms with Crippen molar-refractivity contribution in [2.75, 3.05) is 38.5 Å². The highest BCUT2D eigenvalue weighted by Gasteiger charge is 2.25. The summed E-state index contributed by atoms with van der Waals surface area (Å²) in [4.78, 5) is 11.4.